The molecule has 0 fully saturated rings. The summed E-state index contributed by atoms with van der Waals surface area (Å²) in [6.45, 7) is -0.553. The Hall–Kier alpha value is -2.08. The van der Waals surface area contributed by atoms with Crippen LogP contribution in [0.2, 0.25) is 0 Å². The quantitative estimate of drug-likeness (QED) is 0.866. The molecule has 0 heterocycles. The van der Waals surface area contributed by atoms with Crippen molar-refractivity contribution in [1.29, 1.82) is 0 Å². The largest absolute Gasteiger partial charge is 0.448 e. The monoisotopic (exact) mass is 272 g/mol. The number of aliphatic hydroxyl groups is 1. The lowest BCUT2D eigenvalue weighted by Gasteiger charge is -2.10. The van der Waals surface area contributed by atoms with Gasteiger partial charge in [0.05, 0.1) is 6.61 Å². The van der Waals surface area contributed by atoms with Crippen LogP contribution in [0, 0.1) is 23.3 Å². The Morgan fingerprint density at radius 1 is 0.895 bits per heavy atom. The van der Waals surface area contributed by atoms with Gasteiger partial charge in [-0.3, -0.25) is 0 Å². The SMILES string of the molecule is OCc1cc(F)c(Oc2cc(F)ccc2F)c(F)c1. The summed E-state index contributed by atoms with van der Waals surface area (Å²) in [4.78, 5) is 0. The maximum absolute atomic E-state index is 13.5. The van der Waals surface area contributed by atoms with Gasteiger partial charge in [0.1, 0.15) is 5.82 Å². The van der Waals surface area contributed by atoms with Crippen molar-refractivity contribution in [3.05, 3.63) is 59.2 Å². The molecule has 0 saturated carbocycles. The van der Waals surface area contributed by atoms with Gasteiger partial charge >= 0.3 is 0 Å². The van der Waals surface area contributed by atoms with Gasteiger partial charge in [-0.2, -0.15) is 0 Å². The van der Waals surface area contributed by atoms with E-state index in [1.165, 1.54) is 0 Å². The Morgan fingerprint density at radius 2 is 1.53 bits per heavy atom. The molecule has 19 heavy (non-hydrogen) atoms. The van der Waals surface area contributed by atoms with Crippen LogP contribution in [0.25, 0.3) is 0 Å². The molecule has 2 aromatic carbocycles. The van der Waals surface area contributed by atoms with Crippen molar-refractivity contribution in [3.63, 3.8) is 0 Å². The second kappa shape index (κ2) is 5.27. The molecule has 6 heteroatoms. The first-order valence-corrected chi connectivity index (χ1v) is 5.23. The Balaban J connectivity index is 2.41. The maximum atomic E-state index is 13.5. The van der Waals surface area contributed by atoms with Gasteiger partial charge in [0.2, 0.25) is 0 Å². The molecule has 100 valence electrons. The van der Waals surface area contributed by atoms with Gasteiger partial charge in [-0.1, -0.05) is 0 Å². The standard InChI is InChI=1S/C13H8F4O2/c14-8-1-2-9(15)12(5-8)19-13-10(16)3-7(6-18)4-11(13)17/h1-5,18H,6H2. The molecular formula is C13H8F4O2. The summed E-state index contributed by atoms with van der Waals surface area (Å²) >= 11 is 0. The lowest BCUT2D eigenvalue weighted by atomic mass is 10.2. The Morgan fingerprint density at radius 3 is 2.11 bits per heavy atom. The fourth-order valence-corrected chi connectivity index (χ4v) is 1.47. The van der Waals surface area contributed by atoms with E-state index in [0.717, 1.165) is 24.3 Å². The molecule has 0 aliphatic heterocycles. The summed E-state index contributed by atoms with van der Waals surface area (Å²) in [7, 11) is 0. The van der Waals surface area contributed by atoms with Crippen molar-refractivity contribution in [2.75, 3.05) is 0 Å². The first-order valence-electron chi connectivity index (χ1n) is 5.23. The molecule has 0 atom stereocenters. The Kier molecular flexibility index (Phi) is 3.71. The van der Waals surface area contributed by atoms with Gasteiger partial charge in [0, 0.05) is 6.07 Å². The third-order valence-electron chi connectivity index (χ3n) is 2.35. The van der Waals surface area contributed by atoms with Crippen LogP contribution in [0.5, 0.6) is 11.5 Å². The fourth-order valence-electron chi connectivity index (χ4n) is 1.47. The van der Waals surface area contributed by atoms with E-state index in [1.54, 1.807) is 0 Å². The highest BCUT2D eigenvalue weighted by Gasteiger charge is 2.16. The van der Waals surface area contributed by atoms with Gasteiger partial charge < -0.3 is 9.84 Å². The topological polar surface area (TPSA) is 29.5 Å². The minimum atomic E-state index is -1.12. The van der Waals surface area contributed by atoms with Crippen molar-refractivity contribution in [2.24, 2.45) is 0 Å². The molecule has 0 radical (unpaired) electrons. The second-order valence-corrected chi connectivity index (χ2v) is 3.72. The van der Waals surface area contributed by atoms with Crippen LogP contribution < -0.4 is 4.74 Å². The molecule has 0 saturated heterocycles. The number of benzene rings is 2. The Labute approximate surface area is 105 Å². The average Bonchev–Trinajstić information content (AvgIpc) is 2.37. The number of hydrogen-bond acceptors (Lipinski definition) is 2. The molecule has 2 aromatic rings. The van der Waals surface area contributed by atoms with Crippen LogP contribution in [-0.2, 0) is 6.61 Å². The maximum Gasteiger partial charge on any atom is 0.198 e. The van der Waals surface area contributed by atoms with E-state index >= 15 is 0 Å². The van der Waals surface area contributed by atoms with Crippen molar-refractivity contribution >= 4 is 0 Å². The van der Waals surface area contributed by atoms with Crippen LogP contribution in [0.3, 0.4) is 0 Å². The van der Waals surface area contributed by atoms with E-state index in [4.69, 9.17) is 9.84 Å². The molecule has 0 aliphatic carbocycles. The van der Waals surface area contributed by atoms with E-state index in [9.17, 15) is 17.6 Å². The predicted octanol–water partition coefficient (Wildman–Crippen LogP) is 3.53. The highest BCUT2D eigenvalue weighted by atomic mass is 19.1. The smallest absolute Gasteiger partial charge is 0.198 e. The van der Waals surface area contributed by atoms with Crippen molar-refractivity contribution < 1.29 is 27.4 Å². The molecule has 0 amide bonds. The normalized spacial score (nSPS) is 10.6. The lowest BCUT2D eigenvalue weighted by molar-refractivity contribution is 0.279. The minimum Gasteiger partial charge on any atom is -0.448 e. The molecular weight excluding hydrogens is 264 g/mol. The van der Waals surface area contributed by atoms with E-state index in [-0.39, 0.29) is 5.56 Å². The van der Waals surface area contributed by atoms with Gasteiger partial charge in [0.15, 0.2) is 29.0 Å². The lowest BCUT2D eigenvalue weighted by Crippen LogP contribution is -1.97. The number of aliphatic hydroxyl groups excluding tert-OH is 1. The van der Waals surface area contributed by atoms with Gasteiger partial charge in [0.25, 0.3) is 0 Å². The minimum absolute atomic E-state index is 0.00191. The summed E-state index contributed by atoms with van der Waals surface area (Å²) < 4.78 is 57.9. The highest BCUT2D eigenvalue weighted by molar-refractivity contribution is 5.36. The Bertz CT molecular complexity index is 591. The third-order valence-corrected chi connectivity index (χ3v) is 2.35. The van der Waals surface area contributed by atoms with Crippen molar-refractivity contribution in [3.8, 4) is 11.5 Å². The molecule has 0 unspecified atom stereocenters. The highest BCUT2D eigenvalue weighted by Crippen LogP contribution is 2.30. The van der Waals surface area contributed by atoms with E-state index in [0.29, 0.717) is 6.07 Å². The number of ether oxygens (including phenoxy) is 1. The zero-order valence-electron chi connectivity index (χ0n) is 9.46. The van der Waals surface area contributed by atoms with Gasteiger partial charge in [-0.25, -0.2) is 17.6 Å². The molecule has 2 rings (SSSR count). The van der Waals surface area contributed by atoms with E-state index in [2.05, 4.69) is 0 Å². The zero-order chi connectivity index (χ0) is 14.0. The fraction of sp³-hybridized carbons (Fsp3) is 0.0769. The van der Waals surface area contributed by atoms with Crippen LogP contribution in [0.4, 0.5) is 17.6 Å². The van der Waals surface area contributed by atoms with Crippen LogP contribution in [0.15, 0.2) is 30.3 Å². The summed E-state index contributed by atoms with van der Waals surface area (Å²) in [5.74, 6) is -5.48. The molecule has 0 spiro atoms. The molecule has 0 bridgehead atoms. The van der Waals surface area contributed by atoms with E-state index < -0.39 is 41.4 Å². The molecule has 0 aromatic heterocycles. The first-order chi connectivity index (χ1) is 9.01. The van der Waals surface area contributed by atoms with Gasteiger partial charge in [-0.05, 0) is 29.8 Å². The van der Waals surface area contributed by atoms with E-state index in [1.807, 2.05) is 0 Å². The number of halogens is 4. The third kappa shape index (κ3) is 2.85. The molecule has 2 nitrogen and oxygen atoms in total. The van der Waals surface area contributed by atoms with Crippen LogP contribution in [0.1, 0.15) is 5.56 Å². The molecule has 0 aliphatic rings. The molecule has 1 N–H and O–H groups in total. The van der Waals surface area contributed by atoms with Crippen molar-refractivity contribution in [1.82, 2.24) is 0 Å². The number of rotatable bonds is 3. The summed E-state index contributed by atoms with van der Waals surface area (Å²) in [6, 6.07) is 3.99. The van der Waals surface area contributed by atoms with Crippen LogP contribution >= 0.6 is 0 Å². The summed E-state index contributed by atoms with van der Waals surface area (Å²) in [5.41, 5.74) is 0.00191. The van der Waals surface area contributed by atoms with Crippen molar-refractivity contribution in [2.45, 2.75) is 6.61 Å². The average molecular weight is 272 g/mol. The first kappa shape index (κ1) is 13.4. The summed E-state index contributed by atoms with van der Waals surface area (Å²) in [5, 5.41) is 8.76. The van der Waals surface area contributed by atoms with Gasteiger partial charge in [-0.15, -0.1) is 0 Å². The summed E-state index contributed by atoms with van der Waals surface area (Å²) in [6.07, 6.45) is 0. The van der Waals surface area contributed by atoms with Crippen LogP contribution in [-0.4, -0.2) is 5.11 Å². The zero-order valence-corrected chi connectivity index (χ0v) is 9.46. The second-order valence-electron chi connectivity index (χ2n) is 3.72. The number of hydrogen-bond donors (Lipinski definition) is 1. The predicted molar refractivity (Wildman–Crippen MR) is 58.7 cm³/mol.